The number of carbonyl (C=O) groups excluding carboxylic acids is 1. The molecule has 5 heteroatoms. The molecule has 84 valence electrons. The molecule has 16 heavy (non-hydrogen) atoms. The molecular formula is C11H10ClNO2S. The van der Waals surface area contributed by atoms with Crippen LogP contribution in [-0.4, -0.2) is 17.6 Å². The van der Waals surface area contributed by atoms with Gasteiger partial charge in [-0.3, -0.25) is 4.98 Å². The second-order valence-electron chi connectivity index (χ2n) is 3.27. The van der Waals surface area contributed by atoms with Gasteiger partial charge in [-0.1, -0.05) is 11.6 Å². The quantitative estimate of drug-likeness (QED) is 0.772. The maximum absolute atomic E-state index is 11.7. The molecule has 0 bridgehead atoms. The molecule has 0 radical (unpaired) electrons. The normalized spacial score (nSPS) is 10.7. The fourth-order valence-electron chi connectivity index (χ4n) is 1.55. The van der Waals surface area contributed by atoms with Crippen LogP contribution in [0.2, 0.25) is 5.02 Å². The van der Waals surface area contributed by atoms with Gasteiger partial charge in [0.15, 0.2) is 0 Å². The lowest BCUT2D eigenvalue weighted by Crippen LogP contribution is -2.03. The SMILES string of the molecule is CCOC(=O)c1sc2cncc(Cl)c2c1C. The van der Waals surface area contributed by atoms with Gasteiger partial charge in [-0.2, -0.15) is 0 Å². The highest BCUT2D eigenvalue weighted by atomic mass is 35.5. The van der Waals surface area contributed by atoms with Gasteiger partial charge in [-0.25, -0.2) is 4.79 Å². The minimum Gasteiger partial charge on any atom is -0.462 e. The minimum absolute atomic E-state index is 0.294. The fourth-order valence-corrected chi connectivity index (χ4v) is 3.00. The fraction of sp³-hybridized carbons (Fsp3) is 0.273. The Morgan fingerprint density at radius 2 is 2.31 bits per heavy atom. The monoisotopic (exact) mass is 255 g/mol. The van der Waals surface area contributed by atoms with Crippen LogP contribution in [0.25, 0.3) is 10.1 Å². The van der Waals surface area contributed by atoms with Gasteiger partial charge >= 0.3 is 5.97 Å². The third-order valence-electron chi connectivity index (χ3n) is 2.25. The van der Waals surface area contributed by atoms with E-state index in [0.717, 1.165) is 15.6 Å². The van der Waals surface area contributed by atoms with E-state index >= 15 is 0 Å². The summed E-state index contributed by atoms with van der Waals surface area (Å²) in [6.07, 6.45) is 3.29. The number of esters is 1. The van der Waals surface area contributed by atoms with Gasteiger partial charge < -0.3 is 4.74 Å². The van der Waals surface area contributed by atoms with E-state index in [-0.39, 0.29) is 5.97 Å². The van der Waals surface area contributed by atoms with Crippen LogP contribution in [0.4, 0.5) is 0 Å². The molecule has 2 rings (SSSR count). The van der Waals surface area contributed by atoms with E-state index in [0.29, 0.717) is 16.5 Å². The molecule has 3 nitrogen and oxygen atoms in total. The third-order valence-corrected chi connectivity index (χ3v) is 3.75. The van der Waals surface area contributed by atoms with Crippen LogP contribution in [-0.2, 0) is 4.74 Å². The van der Waals surface area contributed by atoms with Crippen molar-refractivity contribution in [2.24, 2.45) is 0 Å². The number of hydrogen-bond acceptors (Lipinski definition) is 4. The molecule has 0 N–H and O–H groups in total. The Hall–Kier alpha value is -1.13. The molecule has 2 aromatic heterocycles. The smallest absolute Gasteiger partial charge is 0.348 e. The first-order valence-corrected chi connectivity index (χ1v) is 6.04. The summed E-state index contributed by atoms with van der Waals surface area (Å²) in [5.74, 6) is -0.294. The first kappa shape index (κ1) is 11.4. The summed E-state index contributed by atoms with van der Waals surface area (Å²) in [4.78, 5) is 16.3. The van der Waals surface area contributed by atoms with E-state index in [4.69, 9.17) is 16.3 Å². The highest BCUT2D eigenvalue weighted by Crippen LogP contribution is 2.34. The van der Waals surface area contributed by atoms with Gasteiger partial charge in [0.2, 0.25) is 0 Å². The Morgan fingerprint density at radius 1 is 1.56 bits per heavy atom. The lowest BCUT2D eigenvalue weighted by Gasteiger charge is -1.99. The van der Waals surface area contributed by atoms with Crippen molar-refractivity contribution in [3.8, 4) is 0 Å². The standard InChI is InChI=1S/C11H10ClNO2S/c1-3-15-11(14)10-6(2)9-7(12)4-13-5-8(9)16-10/h4-5H,3H2,1-2H3. The number of aryl methyl sites for hydroxylation is 1. The van der Waals surface area contributed by atoms with Gasteiger partial charge in [-0.05, 0) is 19.4 Å². The average molecular weight is 256 g/mol. The Balaban J connectivity index is 2.61. The largest absolute Gasteiger partial charge is 0.462 e. The minimum atomic E-state index is -0.294. The molecule has 0 aliphatic rings. The molecule has 0 saturated carbocycles. The van der Waals surface area contributed by atoms with E-state index in [1.807, 2.05) is 6.92 Å². The maximum atomic E-state index is 11.7. The number of aromatic nitrogens is 1. The van der Waals surface area contributed by atoms with Gasteiger partial charge in [0, 0.05) is 17.8 Å². The number of nitrogens with zero attached hydrogens (tertiary/aromatic N) is 1. The van der Waals surface area contributed by atoms with Crippen LogP contribution in [0, 0.1) is 6.92 Å². The average Bonchev–Trinajstić information content (AvgIpc) is 2.58. The van der Waals surface area contributed by atoms with Crippen molar-refractivity contribution in [3.05, 3.63) is 27.9 Å². The van der Waals surface area contributed by atoms with E-state index in [1.165, 1.54) is 11.3 Å². The molecule has 0 aliphatic heterocycles. The van der Waals surface area contributed by atoms with Crippen molar-refractivity contribution in [2.45, 2.75) is 13.8 Å². The van der Waals surface area contributed by atoms with Crippen LogP contribution in [0.5, 0.6) is 0 Å². The van der Waals surface area contributed by atoms with Crippen molar-refractivity contribution in [1.82, 2.24) is 4.98 Å². The summed E-state index contributed by atoms with van der Waals surface area (Å²) in [6.45, 7) is 4.03. The summed E-state index contributed by atoms with van der Waals surface area (Å²) in [5, 5.41) is 1.46. The summed E-state index contributed by atoms with van der Waals surface area (Å²) >= 11 is 7.41. The molecule has 0 unspecified atom stereocenters. The van der Waals surface area contributed by atoms with E-state index in [2.05, 4.69) is 4.98 Å². The Kier molecular flexibility index (Phi) is 3.12. The van der Waals surface area contributed by atoms with E-state index in [1.54, 1.807) is 19.3 Å². The number of fused-ring (bicyclic) bond motifs is 1. The van der Waals surface area contributed by atoms with Crippen molar-refractivity contribution in [1.29, 1.82) is 0 Å². The summed E-state index contributed by atoms with van der Waals surface area (Å²) in [6, 6.07) is 0. The molecule has 0 atom stereocenters. The molecule has 0 aromatic carbocycles. The number of ether oxygens (including phenoxy) is 1. The third kappa shape index (κ3) is 1.79. The molecule has 0 amide bonds. The molecular weight excluding hydrogens is 246 g/mol. The highest BCUT2D eigenvalue weighted by Gasteiger charge is 2.18. The second kappa shape index (κ2) is 4.39. The van der Waals surface area contributed by atoms with Crippen molar-refractivity contribution >= 4 is 39.0 Å². The highest BCUT2D eigenvalue weighted by molar-refractivity contribution is 7.21. The maximum Gasteiger partial charge on any atom is 0.348 e. The zero-order chi connectivity index (χ0) is 11.7. The molecule has 2 heterocycles. The van der Waals surface area contributed by atoms with Crippen molar-refractivity contribution in [3.63, 3.8) is 0 Å². The number of halogens is 1. The van der Waals surface area contributed by atoms with E-state index in [9.17, 15) is 4.79 Å². The summed E-state index contributed by atoms with van der Waals surface area (Å²) in [5.41, 5.74) is 0.867. The molecule has 0 aliphatic carbocycles. The zero-order valence-electron chi connectivity index (χ0n) is 8.91. The van der Waals surface area contributed by atoms with Crippen LogP contribution < -0.4 is 0 Å². The second-order valence-corrected chi connectivity index (χ2v) is 4.73. The lowest BCUT2D eigenvalue weighted by molar-refractivity contribution is 0.0531. The molecule has 2 aromatic rings. The first-order chi connectivity index (χ1) is 7.65. The van der Waals surface area contributed by atoms with Crippen LogP contribution >= 0.6 is 22.9 Å². The number of carbonyl (C=O) groups is 1. The predicted octanol–water partition coefficient (Wildman–Crippen LogP) is 3.43. The number of thiophene rings is 1. The van der Waals surface area contributed by atoms with E-state index < -0.39 is 0 Å². The topological polar surface area (TPSA) is 39.2 Å². The summed E-state index contributed by atoms with van der Waals surface area (Å²) < 4.78 is 5.90. The van der Waals surface area contributed by atoms with Crippen molar-refractivity contribution in [2.75, 3.05) is 6.61 Å². The number of hydrogen-bond donors (Lipinski definition) is 0. The van der Waals surface area contributed by atoms with Gasteiger partial charge in [0.25, 0.3) is 0 Å². The number of pyridine rings is 1. The van der Waals surface area contributed by atoms with Gasteiger partial charge in [0.05, 0.1) is 16.3 Å². The van der Waals surface area contributed by atoms with Gasteiger partial charge in [-0.15, -0.1) is 11.3 Å². The molecule has 0 saturated heterocycles. The zero-order valence-corrected chi connectivity index (χ0v) is 10.5. The van der Waals surface area contributed by atoms with Crippen molar-refractivity contribution < 1.29 is 9.53 Å². The first-order valence-electron chi connectivity index (χ1n) is 4.85. The Bertz CT molecular complexity index is 550. The number of rotatable bonds is 2. The lowest BCUT2D eigenvalue weighted by atomic mass is 10.2. The molecule has 0 fully saturated rings. The van der Waals surface area contributed by atoms with Crippen LogP contribution in [0.3, 0.4) is 0 Å². The van der Waals surface area contributed by atoms with Crippen LogP contribution in [0.1, 0.15) is 22.2 Å². The Morgan fingerprint density at radius 3 is 2.94 bits per heavy atom. The van der Waals surface area contributed by atoms with Gasteiger partial charge in [0.1, 0.15) is 4.88 Å². The molecule has 0 spiro atoms. The summed E-state index contributed by atoms with van der Waals surface area (Å²) in [7, 11) is 0. The predicted molar refractivity (Wildman–Crippen MR) is 65.3 cm³/mol. The Labute approximate surface area is 102 Å². The van der Waals surface area contributed by atoms with Crippen LogP contribution in [0.15, 0.2) is 12.4 Å².